The van der Waals surface area contributed by atoms with Crippen LogP contribution in [0.2, 0.25) is 30.7 Å². The largest absolute Gasteiger partial charge is 0.480 e. The summed E-state index contributed by atoms with van der Waals surface area (Å²) in [6, 6.07) is 8.42. The Bertz CT molecular complexity index is 1490. The average Bonchev–Trinajstić information content (AvgIpc) is 3.49. The lowest BCUT2D eigenvalue weighted by molar-refractivity contribution is -0.141. The molecule has 3 N–H and O–H groups in total. The lowest BCUT2D eigenvalue weighted by Crippen LogP contribution is -2.39. The number of aryl methyl sites for hydroxylation is 2. The van der Waals surface area contributed by atoms with E-state index >= 15 is 0 Å². The third-order valence-electron chi connectivity index (χ3n) is 7.50. The van der Waals surface area contributed by atoms with Crippen LogP contribution in [0.4, 0.5) is 15.4 Å². The lowest BCUT2D eigenvalue weighted by Gasteiger charge is -2.20. The van der Waals surface area contributed by atoms with Crippen molar-refractivity contribution in [3.63, 3.8) is 0 Å². The first-order valence-electron chi connectivity index (χ1n) is 14.2. The normalized spacial score (nSPS) is 16.8. The van der Waals surface area contributed by atoms with Gasteiger partial charge < -0.3 is 29.7 Å². The molecular formula is C29H39ClN6O6Si. The van der Waals surface area contributed by atoms with E-state index in [1.54, 1.807) is 24.1 Å². The molecule has 0 aliphatic carbocycles. The smallest absolute Gasteiger partial charge is 0.409 e. The summed E-state index contributed by atoms with van der Waals surface area (Å²) in [6.07, 6.45) is -0.813. The zero-order valence-corrected chi connectivity index (χ0v) is 26.9. The molecule has 3 heterocycles. The summed E-state index contributed by atoms with van der Waals surface area (Å²) in [7, 11) is 0.447. The molecule has 2 aromatic heterocycles. The van der Waals surface area contributed by atoms with Crippen LogP contribution < -0.4 is 5.32 Å². The predicted molar refractivity (Wildman–Crippen MR) is 168 cm³/mol. The summed E-state index contributed by atoms with van der Waals surface area (Å²) in [5.74, 6) is 0.0946. The van der Waals surface area contributed by atoms with Gasteiger partial charge in [0.25, 0.3) is 0 Å². The van der Waals surface area contributed by atoms with Crippen LogP contribution in [0.25, 0.3) is 22.3 Å². The minimum absolute atomic E-state index is 0.0286. The van der Waals surface area contributed by atoms with Crippen molar-refractivity contribution in [3.8, 4) is 11.3 Å². The molecule has 2 atom stereocenters. The van der Waals surface area contributed by atoms with Gasteiger partial charge in [0.05, 0.1) is 28.4 Å². The van der Waals surface area contributed by atoms with Gasteiger partial charge in [-0.05, 0) is 43.7 Å². The van der Waals surface area contributed by atoms with Crippen molar-refractivity contribution in [3.05, 3.63) is 41.2 Å². The average molecular weight is 631 g/mol. The number of imidazole rings is 1. The molecule has 43 heavy (non-hydrogen) atoms. The Labute approximate surface area is 256 Å². The van der Waals surface area contributed by atoms with Crippen molar-refractivity contribution >= 4 is 54.7 Å². The second-order valence-corrected chi connectivity index (χ2v) is 18.1. The van der Waals surface area contributed by atoms with Gasteiger partial charge in [0, 0.05) is 52.8 Å². The predicted octanol–water partition coefficient (Wildman–Crippen LogP) is 5.47. The Morgan fingerprint density at radius 3 is 2.56 bits per heavy atom. The van der Waals surface area contributed by atoms with Crippen LogP contribution in [0.5, 0.6) is 0 Å². The van der Waals surface area contributed by atoms with Gasteiger partial charge in [-0.25, -0.2) is 24.4 Å². The van der Waals surface area contributed by atoms with Gasteiger partial charge in [-0.15, -0.1) is 0 Å². The number of carbonyl (C=O) groups excluding carboxylic acids is 1. The second-order valence-electron chi connectivity index (χ2n) is 12.1. The number of anilines is 1. The first kappa shape index (κ1) is 32.1. The number of fused-ring (bicyclic) bond motifs is 1. The number of hydrogen-bond acceptors (Lipinski definition) is 7. The van der Waals surface area contributed by atoms with E-state index in [1.807, 2.05) is 25.1 Å². The molecular weight excluding hydrogens is 592 g/mol. The fourth-order valence-electron chi connectivity index (χ4n) is 5.19. The van der Waals surface area contributed by atoms with E-state index in [-0.39, 0.29) is 19.1 Å². The van der Waals surface area contributed by atoms with Gasteiger partial charge in [-0.1, -0.05) is 37.3 Å². The summed E-state index contributed by atoms with van der Waals surface area (Å²) < 4.78 is 7.53. The number of benzene rings is 1. The molecule has 0 bridgehead atoms. The van der Waals surface area contributed by atoms with E-state index in [4.69, 9.17) is 26.3 Å². The van der Waals surface area contributed by atoms with E-state index in [2.05, 4.69) is 29.5 Å². The number of nitrogens with one attached hydrogen (secondary N) is 1. The molecule has 0 radical (unpaired) electrons. The Balaban J connectivity index is 1.51. The van der Waals surface area contributed by atoms with Crippen molar-refractivity contribution in [2.24, 2.45) is 0 Å². The maximum absolute atomic E-state index is 12.5. The van der Waals surface area contributed by atoms with Crippen molar-refractivity contribution in [2.75, 3.05) is 32.1 Å². The Morgan fingerprint density at radius 2 is 1.91 bits per heavy atom. The highest BCUT2D eigenvalue weighted by atomic mass is 35.5. The van der Waals surface area contributed by atoms with Crippen molar-refractivity contribution < 1.29 is 29.3 Å². The van der Waals surface area contributed by atoms with Crippen LogP contribution in [0.1, 0.15) is 18.7 Å². The minimum Gasteiger partial charge on any atom is -0.480 e. The quantitative estimate of drug-likeness (QED) is 0.234. The topological polar surface area (TPSA) is 150 Å². The van der Waals surface area contributed by atoms with Crippen LogP contribution >= 0.6 is 11.6 Å². The molecule has 1 saturated heterocycles. The summed E-state index contributed by atoms with van der Waals surface area (Å²) in [5.41, 5.74) is 2.87. The third-order valence-corrected chi connectivity index (χ3v) is 9.52. The molecule has 0 unspecified atom stereocenters. The van der Waals surface area contributed by atoms with Crippen LogP contribution in [-0.2, 0) is 16.1 Å². The molecule has 232 valence electrons. The van der Waals surface area contributed by atoms with E-state index in [1.165, 1.54) is 0 Å². The molecule has 1 aliphatic rings. The second kappa shape index (κ2) is 13.2. The molecule has 14 heteroatoms. The zero-order chi connectivity index (χ0) is 31.5. The minimum atomic E-state index is -1.29. The summed E-state index contributed by atoms with van der Waals surface area (Å²) >= 11 is 6.75. The maximum Gasteiger partial charge on any atom is 0.409 e. The molecule has 4 rings (SSSR count). The number of carboxylic acid groups (broad SMARTS) is 2. The van der Waals surface area contributed by atoms with E-state index < -0.39 is 32.2 Å². The number of carbonyl (C=O) groups is 3. The highest BCUT2D eigenvalue weighted by Gasteiger charge is 2.40. The molecule has 3 aromatic rings. The Morgan fingerprint density at radius 1 is 1.16 bits per heavy atom. The van der Waals surface area contributed by atoms with Gasteiger partial charge in [0.2, 0.25) is 0 Å². The van der Waals surface area contributed by atoms with Gasteiger partial charge in [0.1, 0.15) is 17.7 Å². The number of halogens is 1. The number of aliphatic carboxylic acids is 1. The molecule has 1 aliphatic heterocycles. The van der Waals surface area contributed by atoms with Crippen molar-refractivity contribution in [2.45, 2.75) is 64.1 Å². The number of hydrogen-bond donors (Lipinski definition) is 3. The summed E-state index contributed by atoms with van der Waals surface area (Å²) in [5, 5.41) is 22.6. The van der Waals surface area contributed by atoms with Gasteiger partial charge in [0.15, 0.2) is 0 Å². The molecule has 1 aromatic carbocycles. The first-order chi connectivity index (χ1) is 20.2. The summed E-state index contributed by atoms with van der Waals surface area (Å²) in [6.45, 7) is 10.2. The van der Waals surface area contributed by atoms with Crippen molar-refractivity contribution in [1.29, 1.82) is 0 Å². The molecule has 0 spiro atoms. The number of aromatic nitrogens is 3. The highest BCUT2D eigenvalue weighted by Crippen LogP contribution is 2.36. The van der Waals surface area contributed by atoms with Gasteiger partial charge in [-0.3, -0.25) is 4.90 Å². The molecule has 2 amide bonds. The first-order valence-corrected chi connectivity index (χ1v) is 18.3. The van der Waals surface area contributed by atoms with Crippen LogP contribution in [0.3, 0.4) is 0 Å². The summed E-state index contributed by atoms with van der Waals surface area (Å²) in [4.78, 5) is 47.6. The number of ether oxygens (including phenoxy) is 1. The maximum atomic E-state index is 12.5. The van der Waals surface area contributed by atoms with E-state index in [9.17, 15) is 24.6 Å². The van der Waals surface area contributed by atoms with Crippen molar-refractivity contribution in [1.82, 2.24) is 24.3 Å². The number of nitrogens with zero attached hydrogens (tertiary/aromatic N) is 5. The molecule has 12 nitrogen and oxygen atoms in total. The number of likely N-dealkylation sites (tertiary alicyclic amines) is 1. The fourth-order valence-corrected chi connectivity index (χ4v) is 6.16. The van der Waals surface area contributed by atoms with E-state index in [0.29, 0.717) is 48.2 Å². The fraction of sp³-hybridized carbons (Fsp3) is 0.483. The third kappa shape index (κ3) is 7.76. The Hall–Kier alpha value is -3.84. The van der Waals surface area contributed by atoms with E-state index in [0.717, 1.165) is 27.8 Å². The monoisotopic (exact) mass is 630 g/mol. The number of rotatable bonds is 11. The van der Waals surface area contributed by atoms with Crippen LogP contribution in [-0.4, -0.2) is 99.6 Å². The molecule has 0 saturated carbocycles. The van der Waals surface area contributed by atoms with Gasteiger partial charge >= 0.3 is 18.2 Å². The van der Waals surface area contributed by atoms with Gasteiger partial charge in [-0.2, -0.15) is 0 Å². The number of carboxylic acids is 1. The number of pyridine rings is 1. The SMILES string of the molecule is Cc1nc2ccc(Cl)c(-c3cccc(N[C@H]4C[C@@H](C(=O)O)N(C(=O)O)C4)n3)c2n1CCCN(C)C(=O)OCC[Si](C)(C)C. The standard InChI is InChI=1S/C29H39ClN6O6Si/c1-18-31-22-11-10-20(30)25(26(22)35(18)13-7-12-34(2)29(41)42-14-15-43(3,4)5)21-8-6-9-24(33-21)32-19-16-23(27(37)38)36(17-19)28(39)40/h6,8-11,19,23H,7,12-17H2,1-5H3,(H,32,33)(H,37,38)(H,39,40)/t19-,23-/m0/s1. The highest BCUT2D eigenvalue weighted by molar-refractivity contribution is 6.76. The van der Waals surface area contributed by atoms with Crippen LogP contribution in [0, 0.1) is 6.92 Å². The number of amides is 2. The van der Waals surface area contributed by atoms with Crippen LogP contribution in [0.15, 0.2) is 30.3 Å². The lowest BCUT2D eigenvalue weighted by atomic mass is 10.1. The molecule has 1 fully saturated rings. The zero-order valence-electron chi connectivity index (χ0n) is 25.1. The Kier molecular flexibility index (Phi) is 9.85.